The molecule has 0 radical (unpaired) electrons. The molecule has 2 heterocycles. The largest absolute Gasteiger partial charge is 0.302 e. The fraction of sp³-hybridized carbons (Fsp3) is 0.0667. The van der Waals surface area contributed by atoms with E-state index in [-0.39, 0.29) is 0 Å². The van der Waals surface area contributed by atoms with Crippen LogP contribution in [0.15, 0.2) is 48.7 Å². The molecule has 3 heteroatoms. The molecule has 0 amide bonds. The van der Waals surface area contributed by atoms with Gasteiger partial charge in [0.25, 0.3) is 0 Å². The van der Waals surface area contributed by atoms with E-state index < -0.39 is 0 Å². The fourth-order valence-electron chi connectivity index (χ4n) is 2.10. The maximum atomic E-state index is 8.93. The lowest BCUT2D eigenvalue weighted by atomic mass is 10.1. The van der Waals surface area contributed by atoms with E-state index in [0.717, 1.165) is 22.6 Å². The number of hydrogen-bond acceptors (Lipinski definition) is 2. The molecule has 86 valence electrons. The van der Waals surface area contributed by atoms with E-state index in [1.807, 2.05) is 53.9 Å². The van der Waals surface area contributed by atoms with Crippen LogP contribution in [0.1, 0.15) is 11.3 Å². The summed E-state index contributed by atoms with van der Waals surface area (Å²) in [7, 11) is 0. The van der Waals surface area contributed by atoms with E-state index in [0.29, 0.717) is 5.56 Å². The monoisotopic (exact) mass is 233 g/mol. The number of hydrogen-bond donors (Lipinski definition) is 0. The molecule has 18 heavy (non-hydrogen) atoms. The van der Waals surface area contributed by atoms with E-state index in [9.17, 15) is 0 Å². The summed E-state index contributed by atoms with van der Waals surface area (Å²) < 4.78 is 1.96. The summed E-state index contributed by atoms with van der Waals surface area (Å²) in [6.45, 7) is 2.02. The molecule has 2 aromatic heterocycles. The highest BCUT2D eigenvalue weighted by Crippen LogP contribution is 2.23. The molecular formula is C15H11N3. The smallest absolute Gasteiger partial charge is 0.137 e. The molecule has 0 N–H and O–H groups in total. The summed E-state index contributed by atoms with van der Waals surface area (Å²) >= 11 is 0. The maximum Gasteiger partial charge on any atom is 0.137 e. The Morgan fingerprint density at radius 2 is 1.89 bits per heavy atom. The van der Waals surface area contributed by atoms with Crippen molar-refractivity contribution in [3.8, 4) is 17.3 Å². The second-order valence-corrected chi connectivity index (χ2v) is 4.17. The first kappa shape index (κ1) is 10.5. The Balaban J connectivity index is 2.27. The molecule has 0 aliphatic heterocycles. The zero-order valence-corrected chi connectivity index (χ0v) is 9.96. The van der Waals surface area contributed by atoms with Gasteiger partial charge in [-0.1, -0.05) is 30.3 Å². The quantitative estimate of drug-likeness (QED) is 0.647. The van der Waals surface area contributed by atoms with Gasteiger partial charge >= 0.3 is 0 Å². The number of fused-ring (bicyclic) bond motifs is 1. The highest BCUT2D eigenvalue weighted by atomic mass is 15.0. The molecule has 1 aromatic carbocycles. The number of aryl methyl sites for hydroxylation is 1. The number of benzene rings is 1. The van der Waals surface area contributed by atoms with Gasteiger partial charge in [-0.3, -0.25) is 0 Å². The average Bonchev–Trinajstić information content (AvgIpc) is 2.77. The van der Waals surface area contributed by atoms with Gasteiger partial charge in [0.2, 0.25) is 0 Å². The fourth-order valence-corrected chi connectivity index (χ4v) is 2.10. The van der Waals surface area contributed by atoms with E-state index in [2.05, 4.69) is 11.1 Å². The molecule has 0 aliphatic rings. The van der Waals surface area contributed by atoms with Gasteiger partial charge in [-0.25, -0.2) is 4.98 Å². The van der Waals surface area contributed by atoms with Crippen molar-refractivity contribution in [1.82, 2.24) is 9.38 Å². The number of rotatable bonds is 1. The molecule has 3 nitrogen and oxygen atoms in total. The van der Waals surface area contributed by atoms with Crippen LogP contribution in [-0.2, 0) is 0 Å². The molecule has 0 atom stereocenters. The maximum absolute atomic E-state index is 8.93. The third kappa shape index (κ3) is 1.56. The number of nitrogens with zero attached hydrogens (tertiary/aromatic N) is 3. The van der Waals surface area contributed by atoms with Crippen molar-refractivity contribution in [2.45, 2.75) is 6.92 Å². The standard InChI is InChI=1S/C15H11N3/c1-11-15(13-5-3-2-4-6-13)17-14-8-7-12(9-16)10-18(11)14/h2-8,10H,1H3. The lowest BCUT2D eigenvalue weighted by Crippen LogP contribution is -1.89. The predicted octanol–water partition coefficient (Wildman–Crippen LogP) is 3.18. The van der Waals surface area contributed by atoms with Crippen molar-refractivity contribution >= 4 is 5.65 Å². The van der Waals surface area contributed by atoms with Gasteiger partial charge in [0.05, 0.1) is 11.3 Å². The molecule has 0 aliphatic carbocycles. The van der Waals surface area contributed by atoms with Gasteiger partial charge in [0.15, 0.2) is 0 Å². The van der Waals surface area contributed by atoms with Crippen molar-refractivity contribution in [2.75, 3.05) is 0 Å². The van der Waals surface area contributed by atoms with Crippen LogP contribution in [0.4, 0.5) is 0 Å². The lowest BCUT2D eigenvalue weighted by molar-refractivity contribution is 1.10. The molecule has 0 unspecified atom stereocenters. The lowest BCUT2D eigenvalue weighted by Gasteiger charge is -1.99. The molecule has 3 aromatic rings. The molecule has 3 rings (SSSR count). The molecule has 0 fully saturated rings. The molecular weight excluding hydrogens is 222 g/mol. The van der Waals surface area contributed by atoms with E-state index in [1.165, 1.54) is 0 Å². The van der Waals surface area contributed by atoms with Gasteiger partial charge in [-0.05, 0) is 19.1 Å². The van der Waals surface area contributed by atoms with Crippen molar-refractivity contribution in [3.05, 3.63) is 59.9 Å². The van der Waals surface area contributed by atoms with Crippen LogP contribution < -0.4 is 0 Å². The number of nitriles is 1. The second-order valence-electron chi connectivity index (χ2n) is 4.17. The Hall–Kier alpha value is -2.60. The van der Waals surface area contributed by atoms with Crippen molar-refractivity contribution in [2.24, 2.45) is 0 Å². The second kappa shape index (κ2) is 4.01. The summed E-state index contributed by atoms with van der Waals surface area (Å²) in [5.41, 5.74) is 4.61. The minimum absolute atomic E-state index is 0.641. The van der Waals surface area contributed by atoms with E-state index in [1.54, 1.807) is 6.07 Å². The van der Waals surface area contributed by atoms with Crippen molar-refractivity contribution in [3.63, 3.8) is 0 Å². The van der Waals surface area contributed by atoms with Crippen LogP contribution in [0.3, 0.4) is 0 Å². The van der Waals surface area contributed by atoms with Gasteiger partial charge < -0.3 is 4.40 Å². The normalized spacial score (nSPS) is 10.4. The molecule has 0 bridgehead atoms. The van der Waals surface area contributed by atoms with Crippen LogP contribution in [0.5, 0.6) is 0 Å². The van der Waals surface area contributed by atoms with Gasteiger partial charge in [-0.15, -0.1) is 0 Å². The Morgan fingerprint density at radius 1 is 1.11 bits per heavy atom. The summed E-state index contributed by atoms with van der Waals surface area (Å²) in [4.78, 5) is 4.61. The van der Waals surface area contributed by atoms with Crippen molar-refractivity contribution in [1.29, 1.82) is 5.26 Å². The minimum Gasteiger partial charge on any atom is -0.302 e. The summed E-state index contributed by atoms with van der Waals surface area (Å²) in [5, 5.41) is 8.93. The van der Waals surface area contributed by atoms with Crippen LogP contribution >= 0.6 is 0 Å². The molecule has 0 spiro atoms. The first-order chi connectivity index (χ1) is 8.79. The minimum atomic E-state index is 0.641. The van der Waals surface area contributed by atoms with Crippen LogP contribution in [-0.4, -0.2) is 9.38 Å². The van der Waals surface area contributed by atoms with E-state index >= 15 is 0 Å². The highest BCUT2D eigenvalue weighted by molar-refractivity contribution is 5.66. The topological polar surface area (TPSA) is 41.1 Å². The predicted molar refractivity (Wildman–Crippen MR) is 70.1 cm³/mol. The Kier molecular flexibility index (Phi) is 2.35. The zero-order chi connectivity index (χ0) is 12.5. The Bertz CT molecular complexity index is 748. The van der Waals surface area contributed by atoms with E-state index in [4.69, 9.17) is 5.26 Å². The SMILES string of the molecule is Cc1c(-c2ccccc2)nc2ccc(C#N)cn12. The third-order valence-electron chi connectivity index (χ3n) is 3.03. The van der Waals surface area contributed by atoms with Gasteiger partial charge in [0, 0.05) is 17.5 Å². The summed E-state index contributed by atoms with van der Waals surface area (Å²) in [6.07, 6.45) is 1.82. The number of imidazole rings is 1. The van der Waals surface area contributed by atoms with Gasteiger partial charge in [-0.2, -0.15) is 5.26 Å². The zero-order valence-electron chi connectivity index (χ0n) is 9.96. The van der Waals surface area contributed by atoms with Crippen LogP contribution in [0.2, 0.25) is 0 Å². The molecule has 0 saturated heterocycles. The Labute approximate surface area is 105 Å². The van der Waals surface area contributed by atoms with Gasteiger partial charge in [0.1, 0.15) is 11.7 Å². The highest BCUT2D eigenvalue weighted by Gasteiger charge is 2.09. The average molecular weight is 233 g/mol. The first-order valence-corrected chi connectivity index (χ1v) is 5.74. The summed E-state index contributed by atoms with van der Waals surface area (Å²) in [6, 6.07) is 15.9. The molecule has 0 saturated carbocycles. The number of pyridine rings is 1. The van der Waals surface area contributed by atoms with Crippen LogP contribution in [0, 0.1) is 18.3 Å². The number of aromatic nitrogens is 2. The Morgan fingerprint density at radius 3 is 2.61 bits per heavy atom. The van der Waals surface area contributed by atoms with Crippen LogP contribution in [0.25, 0.3) is 16.9 Å². The third-order valence-corrected chi connectivity index (χ3v) is 3.03. The first-order valence-electron chi connectivity index (χ1n) is 5.74. The van der Waals surface area contributed by atoms with Crippen molar-refractivity contribution < 1.29 is 0 Å². The summed E-state index contributed by atoms with van der Waals surface area (Å²) in [5.74, 6) is 0.